The normalized spacial score (nSPS) is 15.1. The summed E-state index contributed by atoms with van der Waals surface area (Å²) in [6, 6.07) is 56.6. The first kappa shape index (κ1) is 35.4. The van der Waals surface area contributed by atoms with Crippen LogP contribution < -0.4 is 11.0 Å². The molecule has 5 nitrogen and oxygen atoms in total. The predicted octanol–water partition coefficient (Wildman–Crippen LogP) is 11.2. The molecule has 2 N–H and O–H groups in total. The minimum atomic E-state index is -0.498. The van der Waals surface area contributed by atoms with Gasteiger partial charge < -0.3 is 14.3 Å². The predicted molar refractivity (Wildman–Crippen MR) is 232 cm³/mol. The Morgan fingerprint density at radius 1 is 0.518 bits per heavy atom. The van der Waals surface area contributed by atoms with Gasteiger partial charge in [-0.3, -0.25) is 5.41 Å². The maximum atomic E-state index is 9.19. The van der Waals surface area contributed by atoms with Gasteiger partial charge in [-0.15, -0.1) is 0 Å². The van der Waals surface area contributed by atoms with E-state index in [1.807, 2.05) is 54.7 Å². The molecular formula is C50H42BN3O2. The molecule has 0 saturated carbocycles. The summed E-state index contributed by atoms with van der Waals surface area (Å²) in [5.74, 6) is 0.180. The van der Waals surface area contributed by atoms with Crippen molar-refractivity contribution in [2.75, 3.05) is 0 Å². The maximum absolute atomic E-state index is 9.19. The minimum absolute atomic E-state index is 0.180. The molecule has 1 aromatic heterocycles. The number of aromatic amines is 1. The second-order valence-electron chi connectivity index (χ2n) is 15.5. The number of fused-ring (bicyclic) bond motifs is 2. The molecule has 8 aromatic rings. The summed E-state index contributed by atoms with van der Waals surface area (Å²) in [6.45, 7) is 8.41. The Kier molecular flexibility index (Phi) is 8.88. The fourth-order valence-corrected chi connectivity index (χ4v) is 7.78. The molecule has 0 spiro atoms. The topological polar surface area (TPSA) is 70.5 Å². The van der Waals surface area contributed by atoms with Crippen LogP contribution in [0.4, 0.5) is 0 Å². The van der Waals surface area contributed by atoms with Gasteiger partial charge in [0.2, 0.25) is 0 Å². The molecule has 0 bridgehead atoms. The molecule has 1 aliphatic heterocycles. The number of nitrogens with one attached hydrogen (secondary N) is 2. The summed E-state index contributed by atoms with van der Waals surface area (Å²) in [6.07, 6.45) is 1.96. The Labute approximate surface area is 328 Å². The molecule has 7 aromatic carbocycles. The van der Waals surface area contributed by atoms with Crippen molar-refractivity contribution < 1.29 is 9.31 Å². The molecule has 6 heteroatoms. The van der Waals surface area contributed by atoms with Gasteiger partial charge in [0.1, 0.15) is 5.49 Å². The van der Waals surface area contributed by atoms with E-state index in [9.17, 15) is 5.41 Å². The highest BCUT2D eigenvalue weighted by Gasteiger charge is 2.52. The van der Waals surface area contributed by atoms with E-state index in [1.54, 1.807) is 0 Å². The van der Waals surface area contributed by atoms with Gasteiger partial charge in [-0.05, 0) is 112 Å². The average Bonchev–Trinajstić information content (AvgIpc) is 3.45. The van der Waals surface area contributed by atoms with Crippen molar-refractivity contribution >= 4 is 40.0 Å². The zero-order valence-corrected chi connectivity index (χ0v) is 32.0. The van der Waals surface area contributed by atoms with Gasteiger partial charge in [-0.2, -0.15) is 0 Å². The van der Waals surface area contributed by atoms with E-state index < -0.39 is 18.3 Å². The zero-order chi connectivity index (χ0) is 38.4. The summed E-state index contributed by atoms with van der Waals surface area (Å²) >= 11 is 0. The van der Waals surface area contributed by atoms with Crippen LogP contribution in [0.25, 0.3) is 66.1 Å². The van der Waals surface area contributed by atoms with Gasteiger partial charge in [-0.25, -0.2) is 4.99 Å². The van der Waals surface area contributed by atoms with Gasteiger partial charge >= 0.3 is 7.12 Å². The lowest BCUT2D eigenvalue weighted by Crippen LogP contribution is -2.41. The number of H-pyrrole nitrogens is 1. The first-order valence-electron chi connectivity index (χ1n) is 19.1. The number of hydrogen-bond donors (Lipinski definition) is 2. The van der Waals surface area contributed by atoms with Crippen LogP contribution in [0.5, 0.6) is 0 Å². The van der Waals surface area contributed by atoms with Crippen LogP contribution in [0.1, 0.15) is 33.3 Å². The maximum Gasteiger partial charge on any atom is 0.496 e. The first-order valence-corrected chi connectivity index (χ1v) is 19.1. The van der Waals surface area contributed by atoms with Crippen LogP contribution in [0.15, 0.2) is 175 Å². The van der Waals surface area contributed by atoms with E-state index in [4.69, 9.17) is 14.3 Å². The second kappa shape index (κ2) is 14.1. The highest BCUT2D eigenvalue weighted by Crippen LogP contribution is 2.41. The Balaban J connectivity index is 1.11. The lowest BCUT2D eigenvalue weighted by Gasteiger charge is -2.32. The summed E-state index contributed by atoms with van der Waals surface area (Å²) in [5, 5.41) is 13.7. The zero-order valence-electron chi connectivity index (χ0n) is 32.0. The number of hydrogen-bond acceptors (Lipinski definition) is 3. The van der Waals surface area contributed by atoms with Crippen LogP contribution in [-0.2, 0) is 9.31 Å². The van der Waals surface area contributed by atoms with E-state index in [1.165, 1.54) is 5.56 Å². The first-order chi connectivity index (χ1) is 27.2. The highest BCUT2D eigenvalue weighted by molar-refractivity contribution is 6.69. The van der Waals surface area contributed by atoms with Crippen molar-refractivity contribution in [1.82, 2.24) is 4.98 Å². The number of rotatable bonds is 6. The lowest BCUT2D eigenvalue weighted by atomic mass is 9.71. The number of pyridine rings is 1. The van der Waals surface area contributed by atoms with Crippen LogP contribution in [0.3, 0.4) is 0 Å². The smallest absolute Gasteiger partial charge is 0.399 e. The number of benzene rings is 7. The third-order valence-electron chi connectivity index (χ3n) is 11.4. The van der Waals surface area contributed by atoms with Crippen LogP contribution >= 0.6 is 0 Å². The molecule has 0 radical (unpaired) electrons. The number of aromatic nitrogens is 1. The molecule has 1 fully saturated rings. The fraction of sp³-hybridized carbons (Fsp3) is 0.120. The van der Waals surface area contributed by atoms with E-state index in [0.29, 0.717) is 5.49 Å². The van der Waals surface area contributed by atoms with Crippen LogP contribution in [-0.4, -0.2) is 29.1 Å². The summed E-state index contributed by atoms with van der Waals surface area (Å²) in [4.78, 5) is 8.29. The molecule has 2 heterocycles. The van der Waals surface area contributed by atoms with E-state index in [0.717, 1.165) is 71.5 Å². The third kappa shape index (κ3) is 6.37. The SMILES string of the molecule is CC1(C)OB(c2c3ccccc3c(-c3cccc(-c4cccc(C(=N)/N=c5\[nH]cc(-c6ccccc6)cc5-c5ccccc5)c4)c3)c3ccccc23)OC1(C)C. The van der Waals surface area contributed by atoms with Crippen molar-refractivity contribution in [3.05, 3.63) is 181 Å². The second-order valence-corrected chi connectivity index (χ2v) is 15.5. The molecule has 1 saturated heterocycles. The summed E-state index contributed by atoms with van der Waals surface area (Å²) in [7, 11) is -0.498. The summed E-state index contributed by atoms with van der Waals surface area (Å²) < 4.78 is 13.3. The molecule has 272 valence electrons. The van der Waals surface area contributed by atoms with Crippen molar-refractivity contribution in [2.24, 2.45) is 4.99 Å². The van der Waals surface area contributed by atoms with E-state index >= 15 is 0 Å². The monoisotopic (exact) mass is 727 g/mol. The quantitative estimate of drug-likeness (QED) is 0.0775. The molecule has 0 unspecified atom stereocenters. The van der Waals surface area contributed by atoms with Crippen molar-refractivity contribution in [3.63, 3.8) is 0 Å². The molecule has 9 rings (SSSR count). The van der Waals surface area contributed by atoms with Gasteiger partial charge in [-0.1, -0.05) is 146 Å². The Morgan fingerprint density at radius 2 is 1.02 bits per heavy atom. The van der Waals surface area contributed by atoms with Crippen molar-refractivity contribution in [2.45, 2.75) is 38.9 Å². The molecule has 0 amide bonds. The van der Waals surface area contributed by atoms with Crippen LogP contribution in [0, 0.1) is 5.41 Å². The third-order valence-corrected chi connectivity index (χ3v) is 11.4. The Bertz CT molecular complexity index is 2770. The lowest BCUT2D eigenvalue weighted by molar-refractivity contribution is 0.00578. The molecule has 56 heavy (non-hydrogen) atoms. The average molecular weight is 728 g/mol. The number of amidine groups is 1. The highest BCUT2D eigenvalue weighted by atomic mass is 16.7. The van der Waals surface area contributed by atoms with E-state index in [-0.39, 0.29) is 5.84 Å². The van der Waals surface area contributed by atoms with Gasteiger partial charge in [0, 0.05) is 17.3 Å². The van der Waals surface area contributed by atoms with Crippen molar-refractivity contribution in [1.29, 1.82) is 5.41 Å². The van der Waals surface area contributed by atoms with Gasteiger partial charge in [0.15, 0.2) is 5.84 Å². The number of nitrogens with zero attached hydrogens (tertiary/aromatic N) is 1. The fourth-order valence-electron chi connectivity index (χ4n) is 7.78. The molecule has 1 aliphatic rings. The molecular weight excluding hydrogens is 685 g/mol. The van der Waals surface area contributed by atoms with Gasteiger partial charge in [0.25, 0.3) is 0 Å². The standard InChI is InChI=1S/C50H42BN3O2/c1-49(2)50(3,4)56-51(55-49)46-42-27-13-11-25-40(42)45(41-26-12-14-28-43(41)46)37-23-15-21-35(29-37)36-22-16-24-38(30-36)47(52)54-48-44(34-19-9-6-10-20-34)31-39(32-53-48)33-17-7-5-8-18-33/h5-32H,1-4H3,(H2,52,53,54). The Morgan fingerprint density at radius 3 is 1.64 bits per heavy atom. The largest absolute Gasteiger partial charge is 0.496 e. The van der Waals surface area contributed by atoms with E-state index in [2.05, 4.69) is 148 Å². The Hall–Kier alpha value is -6.34. The van der Waals surface area contributed by atoms with Gasteiger partial charge in [0.05, 0.1) is 11.2 Å². The molecule has 0 atom stereocenters. The van der Waals surface area contributed by atoms with Crippen LogP contribution in [0.2, 0.25) is 0 Å². The van der Waals surface area contributed by atoms with Crippen molar-refractivity contribution in [3.8, 4) is 44.5 Å². The molecule has 0 aliphatic carbocycles. The minimum Gasteiger partial charge on any atom is -0.399 e. The summed E-state index contributed by atoms with van der Waals surface area (Å²) in [5.41, 5.74) is 10.00.